The number of benzene rings is 1. The van der Waals surface area contributed by atoms with E-state index in [2.05, 4.69) is 66.9 Å². The monoisotopic (exact) mass is 514 g/mol. The van der Waals surface area contributed by atoms with E-state index in [9.17, 15) is 0 Å². The third-order valence-electron chi connectivity index (χ3n) is 4.40. The lowest BCUT2D eigenvalue weighted by Gasteiger charge is -2.13. The number of fused-ring (bicyclic) bond motifs is 1. The molecule has 5 nitrogen and oxygen atoms in total. The maximum Gasteiger partial charge on any atom is 0.191 e. The van der Waals surface area contributed by atoms with Gasteiger partial charge in [0, 0.05) is 30.3 Å². The van der Waals surface area contributed by atoms with Crippen LogP contribution in [0.1, 0.15) is 49.5 Å². The minimum absolute atomic E-state index is 0. The normalized spacial score (nSPS) is 13.5. The summed E-state index contributed by atoms with van der Waals surface area (Å²) in [5, 5.41) is 10.0. The number of aromatic nitrogens is 1. The Kier molecular flexibility index (Phi) is 8.55. The van der Waals surface area contributed by atoms with E-state index in [1.807, 2.05) is 0 Å². The summed E-state index contributed by atoms with van der Waals surface area (Å²) in [7, 11) is 0. The van der Waals surface area contributed by atoms with Crippen LogP contribution in [-0.2, 0) is 24.8 Å². The average Bonchev–Trinajstić information content (AvgIpc) is 3.28. The van der Waals surface area contributed by atoms with E-state index < -0.39 is 0 Å². The van der Waals surface area contributed by atoms with Crippen molar-refractivity contribution in [2.24, 2.45) is 4.99 Å². The van der Waals surface area contributed by atoms with Crippen molar-refractivity contribution in [3.05, 3.63) is 45.4 Å². The van der Waals surface area contributed by atoms with Crippen LogP contribution >= 0.6 is 35.3 Å². The van der Waals surface area contributed by atoms with Crippen molar-refractivity contribution in [2.75, 3.05) is 19.7 Å². The van der Waals surface area contributed by atoms with Crippen LogP contribution in [0.3, 0.4) is 0 Å². The van der Waals surface area contributed by atoms with Gasteiger partial charge in [0.1, 0.15) is 5.75 Å². The molecule has 1 aliphatic rings. The Balaban J connectivity index is 0.00000280. The van der Waals surface area contributed by atoms with Gasteiger partial charge >= 0.3 is 0 Å². The molecule has 2 aromatic rings. The van der Waals surface area contributed by atoms with E-state index in [4.69, 9.17) is 9.72 Å². The molecular weight excluding hydrogens is 483 g/mol. The second-order valence-corrected chi connectivity index (χ2v) is 8.66. The quantitative estimate of drug-likeness (QED) is 0.343. The molecule has 0 amide bonds. The van der Waals surface area contributed by atoms with E-state index in [0.29, 0.717) is 6.54 Å². The van der Waals surface area contributed by atoms with Gasteiger partial charge in [0.05, 0.1) is 23.9 Å². The number of halogens is 1. The number of hydrogen-bond acceptors (Lipinski definition) is 4. The lowest BCUT2D eigenvalue weighted by Crippen LogP contribution is -2.38. The molecule has 1 aromatic heterocycles. The van der Waals surface area contributed by atoms with Crippen molar-refractivity contribution in [1.29, 1.82) is 0 Å². The van der Waals surface area contributed by atoms with Crippen molar-refractivity contribution in [3.63, 3.8) is 0 Å². The SMILES string of the molecule is CCNC(=NCc1csc(C(C)(C)C)n1)NCCc1ccc2c(c1)CCO2.I. The minimum atomic E-state index is 0. The van der Waals surface area contributed by atoms with E-state index in [1.54, 1.807) is 11.3 Å². The molecule has 28 heavy (non-hydrogen) atoms. The number of nitrogens with one attached hydrogen (secondary N) is 2. The third-order valence-corrected chi connectivity index (χ3v) is 5.71. The van der Waals surface area contributed by atoms with Gasteiger partial charge in [-0.25, -0.2) is 9.98 Å². The lowest BCUT2D eigenvalue weighted by atomic mass is 9.98. The van der Waals surface area contributed by atoms with Crippen LogP contribution in [0.25, 0.3) is 0 Å². The summed E-state index contributed by atoms with van der Waals surface area (Å²) < 4.78 is 5.57. The number of hydrogen-bond donors (Lipinski definition) is 2. The molecule has 0 saturated heterocycles. The second kappa shape index (κ2) is 10.4. The zero-order chi connectivity index (χ0) is 19.3. The summed E-state index contributed by atoms with van der Waals surface area (Å²) in [6.45, 7) is 11.7. The largest absolute Gasteiger partial charge is 0.493 e. The summed E-state index contributed by atoms with van der Waals surface area (Å²) in [6.07, 6.45) is 1.98. The van der Waals surface area contributed by atoms with Crippen LogP contribution in [0.5, 0.6) is 5.75 Å². The van der Waals surface area contributed by atoms with Crippen molar-refractivity contribution >= 4 is 41.3 Å². The Morgan fingerprint density at radius 3 is 2.82 bits per heavy atom. The first kappa shape index (κ1) is 22.9. The first-order valence-corrected chi connectivity index (χ1v) is 10.6. The Morgan fingerprint density at radius 2 is 2.11 bits per heavy atom. The van der Waals surface area contributed by atoms with Crippen LogP contribution in [0, 0.1) is 0 Å². The maximum absolute atomic E-state index is 5.57. The predicted molar refractivity (Wildman–Crippen MR) is 128 cm³/mol. The van der Waals surface area contributed by atoms with Crippen LogP contribution < -0.4 is 15.4 Å². The van der Waals surface area contributed by atoms with Gasteiger partial charge in [0.25, 0.3) is 0 Å². The van der Waals surface area contributed by atoms with Gasteiger partial charge in [0.15, 0.2) is 5.96 Å². The van der Waals surface area contributed by atoms with Crippen LogP contribution in [0.2, 0.25) is 0 Å². The third kappa shape index (κ3) is 6.34. The zero-order valence-corrected chi connectivity index (χ0v) is 20.3. The molecule has 0 radical (unpaired) electrons. The number of aliphatic imine (C=N–C) groups is 1. The van der Waals surface area contributed by atoms with Gasteiger partial charge in [-0.15, -0.1) is 35.3 Å². The smallest absolute Gasteiger partial charge is 0.191 e. The Hall–Kier alpha value is -1.35. The Labute approximate surface area is 189 Å². The molecule has 0 fully saturated rings. The highest BCUT2D eigenvalue weighted by atomic mass is 127. The van der Waals surface area contributed by atoms with Gasteiger partial charge in [-0.1, -0.05) is 32.9 Å². The highest BCUT2D eigenvalue weighted by molar-refractivity contribution is 14.0. The van der Waals surface area contributed by atoms with Crippen molar-refractivity contribution in [1.82, 2.24) is 15.6 Å². The van der Waals surface area contributed by atoms with Crippen molar-refractivity contribution in [3.8, 4) is 5.75 Å². The fourth-order valence-electron chi connectivity index (χ4n) is 2.95. The first-order chi connectivity index (χ1) is 13.0. The molecule has 154 valence electrons. The molecule has 0 saturated carbocycles. The molecular formula is C21H31IN4OS. The topological polar surface area (TPSA) is 58.5 Å². The molecule has 2 N–H and O–H groups in total. The number of guanidine groups is 1. The van der Waals surface area contributed by atoms with E-state index in [1.165, 1.54) is 11.1 Å². The van der Waals surface area contributed by atoms with Crippen LogP contribution in [0.4, 0.5) is 0 Å². The molecule has 0 atom stereocenters. The molecule has 0 unspecified atom stereocenters. The van der Waals surface area contributed by atoms with Gasteiger partial charge < -0.3 is 15.4 Å². The average molecular weight is 514 g/mol. The molecule has 7 heteroatoms. The minimum Gasteiger partial charge on any atom is -0.493 e. The van der Waals surface area contributed by atoms with Gasteiger partial charge in [0.2, 0.25) is 0 Å². The number of nitrogens with zero attached hydrogens (tertiary/aromatic N) is 2. The molecule has 1 aliphatic heterocycles. The fourth-order valence-corrected chi connectivity index (χ4v) is 3.84. The highest BCUT2D eigenvalue weighted by Gasteiger charge is 2.17. The lowest BCUT2D eigenvalue weighted by molar-refractivity contribution is 0.357. The van der Waals surface area contributed by atoms with Gasteiger partial charge in [-0.05, 0) is 30.5 Å². The van der Waals surface area contributed by atoms with Crippen LogP contribution in [-0.4, -0.2) is 30.6 Å². The molecule has 2 heterocycles. The summed E-state index contributed by atoms with van der Waals surface area (Å²) in [5.41, 5.74) is 3.78. The summed E-state index contributed by atoms with van der Waals surface area (Å²) in [6, 6.07) is 6.50. The zero-order valence-electron chi connectivity index (χ0n) is 17.2. The van der Waals surface area contributed by atoms with Crippen molar-refractivity contribution < 1.29 is 4.74 Å². The van der Waals surface area contributed by atoms with E-state index in [0.717, 1.165) is 54.9 Å². The first-order valence-electron chi connectivity index (χ1n) is 9.67. The molecule has 0 aliphatic carbocycles. The predicted octanol–water partition coefficient (Wildman–Crippen LogP) is 4.29. The Morgan fingerprint density at radius 1 is 1.29 bits per heavy atom. The van der Waals surface area contributed by atoms with Crippen molar-refractivity contribution in [2.45, 2.75) is 52.5 Å². The molecule has 1 aromatic carbocycles. The van der Waals surface area contributed by atoms with Gasteiger partial charge in [-0.3, -0.25) is 0 Å². The maximum atomic E-state index is 5.57. The number of rotatable bonds is 6. The summed E-state index contributed by atoms with van der Waals surface area (Å²) >= 11 is 1.71. The standard InChI is InChI=1S/C21H30N4OS.HI/c1-5-22-20(24-13-17-14-27-19(25-17)21(2,3)4)23-10-8-15-6-7-18-16(12-15)9-11-26-18;/h6-7,12,14H,5,8-11,13H2,1-4H3,(H2,22,23,24);1H. The summed E-state index contributed by atoms with van der Waals surface area (Å²) in [4.78, 5) is 9.41. The fraction of sp³-hybridized carbons (Fsp3) is 0.524. The summed E-state index contributed by atoms with van der Waals surface area (Å²) in [5.74, 6) is 1.88. The molecule has 3 rings (SSSR count). The van der Waals surface area contributed by atoms with E-state index >= 15 is 0 Å². The molecule has 0 bridgehead atoms. The molecule has 0 spiro atoms. The number of ether oxygens (including phenoxy) is 1. The number of thiazole rings is 1. The van der Waals surface area contributed by atoms with Gasteiger partial charge in [-0.2, -0.15) is 0 Å². The van der Waals surface area contributed by atoms with E-state index in [-0.39, 0.29) is 29.4 Å². The second-order valence-electron chi connectivity index (χ2n) is 7.81. The Bertz CT molecular complexity index is 798. The highest BCUT2D eigenvalue weighted by Crippen LogP contribution is 2.26. The van der Waals surface area contributed by atoms with Crippen LogP contribution in [0.15, 0.2) is 28.6 Å².